The van der Waals surface area contributed by atoms with E-state index in [1.807, 2.05) is 48.5 Å². The first-order valence-corrected chi connectivity index (χ1v) is 9.32. The van der Waals surface area contributed by atoms with Gasteiger partial charge in [-0.3, -0.25) is 0 Å². The summed E-state index contributed by atoms with van der Waals surface area (Å²) in [5.74, 6) is 0.605. The van der Waals surface area contributed by atoms with Crippen LogP contribution in [0.1, 0.15) is 22.6 Å². The number of rotatable bonds is 4. The third-order valence-electron chi connectivity index (χ3n) is 4.77. The van der Waals surface area contributed by atoms with Crippen LogP contribution in [0.4, 0.5) is 0 Å². The van der Waals surface area contributed by atoms with Gasteiger partial charge in [0.1, 0.15) is 35.5 Å². The van der Waals surface area contributed by atoms with Crippen LogP contribution in [-0.2, 0) is 6.61 Å². The summed E-state index contributed by atoms with van der Waals surface area (Å²) in [7, 11) is 0. The summed E-state index contributed by atoms with van der Waals surface area (Å²) < 4.78 is 11.6. The molecule has 0 radical (unpaired) electrons. The molecule has 4 rings (SSSR count). The molecule has 1 heterocycles. The molecule has 0 saturated heterocycles. The Morgan fingerprint density at radius 2 is 1.83 bits per heavy atom. The number of aromatic hydroxyl groups is 1. The summed E-state index contributed by atoms with van der Waals surface area (Å²) >= 11 is 6.24. The predicted molar refractivity (Wildman–Crippen MR) is 110 cm³/mol. The average Bonchev–Trinajstić information content (AvgIpc) is 2.72. The van der Waals surface area contributed by atoms with Gasteiger partial charge in [-0.25, -0.2) is 0 Å². The van der Waals surface area contributed by atoms with E-state index in [4.69, 9.17) is 26.8 Å². The molecular formula is C23H17ClN2O3. The normalized spacial score (nSPS) is 15.2. The summed E-state index contributed by atoms with van der Waals surface area (Å²) in [4.78, 5) is 0. The minimum Gasteiger partial charge on any atom is -0.508 e. The molecule has 3 aromatic rings. The van der Waals surface area contributed by atoms with E-state index in [9.17, 15) is 10.4 Å². The van der Waals surface area contributed by atoms with Crippen LogP contribution < -0.4 is 15.2 Å². The maximum Gasteiger partial charge on any atom is 0.205 e. The van der Waals surface area contributed by atoms with Gasteiger partial charge >= 0.3 is 0 Å². The van der Waals surface area contributed by atoms with Crippen molar-refractivity contribution in [3.8, 4) is 23.3 Å². The second-order valence-corrected chi connectivity index (χ2v) is 6.97. The van der Waals surface area contributed by atoms with Crippen molar-refractivity contribution in [2.45, 2.75) is 12.5 Å². The summed E-state index contributed by atoms with van der Waals surface area (Å²) in [6, 6.07) is 21.9. The van der Waals surface area contributed by atoms with Gasteiger partial charge in [-0.1, -0.05) is 54.1 Å². The van der Waals surface area contributed by atoms with E-state index in [-0.39, 0.29) is 23.8 Å². The number of nitrogens with two attached hydrogens (primary N) is 1. The standard InChI is InChI=1S/C23H17ClN2O3/c24-19-7-3-1-5-14(19)13-28-20-8-4-2-6-16(20)22-17-10-9-15(27)11-21(17)29-23(26)18(22)12-25/h1-11,22,27H,13,26H2. The Morgan fingerprint density at radius 3 is 2.62 bits per heavy atom. The minimum absolute atomic E-state index is 0.0107. The number of benzene rings is 3. The largest absolute Gasteiger partial charge is 0.508 e. The van der Waals surface area contributed by atoms with Gasteiger partial charge in [0.25, 0.3) is 0 Å². The lowest BCUT2D eigenvalue weighted by molar-refractivity contribution is 0.301. The van der Waals surface area contributed by atoms with Crippen LogP contribution in [0.2, 0.25) is 5.02 Å². The Hall–Kier alpha value is -3.62. The zero-order valence-electron chi connectivity index (χ0n) is 15.3. The van der Waals surface area contributed by atoms with Crippen LogP contribution in [0, 0.1) is 11.3 Å². The van der Waals surface area contributed by atoms with E-state index in [0.29, 0.717) is 16.5 Å². The number of ether oxygens (including phenoxy) is 2. The lowest BCUT2D eigenvalue weighted by atomic mass is 9.83. The number of fused-ring (bicyclic) bond motifs is 1. The second-order valence-electron chi connectivity index (χ2n) is 6.56. The SMILES string of the molecule is N#CC1=C(N)Oc2cc(O)ccc2C1c1ccccc1OCc1ccccc1Cl. The maximum absolute atomic E-state index is 9.81. The summed E-state index contributed by atoms with van der Waals surface area (Å²) in [6.07, 6.45) is 0. The fourth-order valence-electron chi connectivity index (χ4n) is 3.39. The second kappa shape index (κ2) is 7.78. The van der Waals surface area contributed by atoms with Gasteiger partial charge in [0, 0.05) is 27.8 Å². The van der Waals surface area contributed by atoms with Gasteiger partial charge in [-0.15, -0.1) is 0 Å². The lowest BCUT2D eigenvalue weighted by Crippen LogP contribution is -2.21. The van der Waals surface area contributed by atoms with Gasteiger partial charge in [0.15, 0.2) is 0 Å². The Morgan fingerprint density at radius 1 is 1.07 bits per heavy atom. The van der Waals surface area contributed by atoms with Crippen molar-refractivity contribution >= 4 is 11.6 Å². The highest BCUT2D eigenvalue weighted by Crippen LogP contribution is 2.45. The van der Waals surface area contributed by atoms with Gasteiger partial charge in [0.2, 0.25) is 5.88 Å². The third-order valence-corrected chi connectivity index (χ3v) is 5.14. The monoisotopic (exact) mass is 404 g/mol. The van der Waals surface area contributed by atoms with Crippen molar-refractivity contribution in [2.24, 2.45) is 5.73 Å². The molecule has 0 spiro atoms. The van der Waals surface area contributed by atoms with E-state index in [0.717, 1.165) is 16.7 Å². The first kappa shape index (κ1) is 18.7. The van der Waals surface area contributed by atoms with Crippen LogP contribution in [0.25, 0.3) is 0 Å². The molecule has 5 nitrogen and oxygen atoms in total. The highest BCUT2D eigenvalue weighted by atomic mass is 35.5. The molecule has 1 atom stereocenters. The number of hydrogen-bond donors (Lipinski definition) is 2. The fourth-order valence-corrected chi connectivity index (χ4v) is 3.58. The third kappa shape index (κ3) is 3.58. The molecule has 0 fully saturated rings. The number of nitrogens with zero attached hydrogens (tertiary/aromatic N) is 1. The van der Waals surface area contributed by atoms with Crippen LogP contribution in [0.15, 0.2) is 78.2 Å². The van der Waals surface area contributed by atoms with Crippen LogP contribution in [0.5, 0.6) is 17.2 Å². The number of hydrogen-bond acceptors (Lipinski definition) is 5. The zero-order chi connectivity index (χ0) is 20.4. The Balaban J connectivity index is 1.77. The predicted octanol–water partition coefficient (Wildman–Crippen LogP) is 4.84. The lowest BCUT2D eigenvalue weighted by Gasteiger charge is -2.27. The van der Waals surface area contributed by atoms with Gasteiger partial charge in [-0.2, -0.15) is 5.26 Å². The van der Waals surface area contributed by atoms with Gasteiger partial charge in [-0.05, 0) is 18.2 Å². The van der Waals surface area contributed by atoms with Crippen LogP contribution in [-0.4, -0.2) is 5.11 Å². The molecular weight excluding hydrogens is 388 g/mol. The first-order valence-electron chi connectivity index (χ1n) is 8.94. The van der Waals surface area contributed by atoms with Gasteiger partial charge < -0.3 is 20.3 Å². The molecule has 0 amide bonds. The molecule has 3 aromatic carbocycles. The Bertz CT molecular complexity index is 1150. The molecule has 144 valence electrons. The first-order chi connectivity index (χ1) is 14.1. The topological polar surface area (TPSA) is 88.5 Å². The molecule has 0 saturated carbocycles. The molecule has 1 aliphatic rings. The number of nitriles is 1. The summed E-state index contributed by atoms with van der Waals surface area (Å²) in [5.41, 5.74) is 8.66. The molecule has 6 heteroatoms. The summed E-state index contributed by atoms with van der Waals surface area (Å²) in [6.45, 7) is 0.281. The van der Waals surface area contributed by atoms with Gasteiger partial charge in [0.05, 0.1) is 5.92 Å². The molecule has 0 aromatic heterocycles. The minimum atomic E-state index is -0.480. The van der Waals surface area contributed by atoms with E-state index in [2.05, 4.69) is 6.07 Å². The van der Waals surface area contributed by atoms with E-state index in [1.54, 1.807) is 12.1 Å². The smallest absolute Gasteiger partial charge is 0.205 e. The molecule has 1 aliphatic heterocycles. The van der Waals surface area contributed by atoms with E-state index in [1.165, 1.54) is 6.07 Å². The summed E-state index contributed by atoms with van der Waals surface area (Å²) in [5, 5.41) is 20.2. The molecule has 0 aliphatic carbocycles. The fraction of sp³-hybridized carbons (Fsp3) is 0.0870. The van der Waals surface area contributed by atoms with Crippen molar-refractivity contribution in [2.75, 3.05) is 0 Å². The highest BCUT2D eigenvalue weighted by molar-refractivity contribution is 6.31. The number of phenolic OH excluding ortho intramolecular Hbond substituents is 1. The number of para-hydroxylation sites is 1. The quantitative estimate of drug-likeness (QED) is 0.649. The van der Waals surface area contributed by atoms with Crippen LogP contribution >= 0.6 is 11.6 Å². The molecule has 1 unspecified atom stereocenters. The van der Waals surface area contributed by atoms with Crippen molar-refractivity contribution in [3.63, 3.8) is 0 Å². The molecule has 29 heavy (non-hydrogen) atoms. The van der Waals surface area contributed by atoms with E-state index < -0.39 is 5.92 Å². The zero-order valence-corrected chi connectivity index (χ0v) is 16.1. The number of phenols is 1. The number of allylic oxidation sites excluding steroid dienone is 1. The van der Waals surface area contributed by atoms with Crippen LogP contribution in [0.3, 0.4) is 0 Å². The van der Waals surface area contributed by atoms with Crippen molar-refractivity contribution in [3.05, 3.63) is 99.9 Å². The van der Waals surface area contributed by atoms with Crippen molar-refractivity contribution in [1.29, 1.82) is 5.26 Å². The molecule has 3 N–H and O–H groups in total. The van der Waals surface area contributed by atoms with E-state index >= 15 is 0 Å². The molecule has 0 bridgehead atoms. The Labute approximate surface area is 173 Å². The Kier molecular flexibility index (Phi) is 5.03. The van der Waals surface area contributed by atoms with Crippen molar-refractivity contribution in [1.82, 2.24) is 0 Å². The average molecular weight is 405 g/mol. The van der Waals surface area contributed by atoms with Crippen molar-refractivity contribution < 1.29 is 14.6 Å². The highest BCUT2D eigenvalue weighted by Gasteiger charge is 2.32. The number of halogens is 1. The maximum atomic E-state index is 9.81.